The van der Waals surface area contributed by atoms with Gasteiger partial charge in [-0.15, -0.1) is 0 Å². The van der Waals surface area contributed by atoms with Crippen molar-refractivity contribution >= 4 is 40.2 Å². The zero-order chi connectivity index (χ0) is 30.6. The van der Waals surface area contributed by atoms with E-state index >= 15 is 0 Å². The zero-order valence-electron chi connectivity index (χ0n) is 26.1. The maximum absolute atomic E-state index is 13.6. The molecule has 0 spiro atoms. The third-order valence-corrected chi connectivity index (χ3v) is 8.85. The van der Waals surface area contributed by atoms with E-state index in [1.54, 1.807) is 4.90 Å². The quantitative estimate of drug-likeness (QED) is 0.410. The number of likely N-dealkylation sites (tertiary alicyclic amines) is 1. The Labute approximate surface area is 259 Å². The van der Waals surface area contributed by atoms with Gasteiger partial charge in [0.15, 0.2) is 11.6 Å². The van der Waals surface area contributed by atoms with Crippen LogP contribution in [0.3, 0.4) is 0 Å². The Bertz CT molecular complexity index is 1470. The van der Waals surface area contributed by atoms with E-state index in [1.165, 1.54) is 5.56 Å². The van der Waals surface area contributed by atoms with Crippen LogP contribution < -0.4 is 15.1 Å². The van der Waals surface area contributed by atoms with Crippen molar-refractivity contribution in [3.05, 3.63) is 53.6 Å². The number of hydrogen-bond donors (Lipinski definition) is 1. The minimum atomic E-state index is -0.500. The maximum atomic E-state index is 13.6. The predicted molar refractivity (Wildman–Crippen MR) is 172 cm³/mol. The molecule has 3 fully saturated rings. The van der Waals surface area contributed by atoms with Gasteiger partial charge in [0.05, 0.1) is 43.4 Å². The summed E-state index contributed by atoms with van der Waals surface area (Å²) in [5, 5.41) is 3.08. The van der Waals surface area contributed by atoms with Gasteiger partial charge in [0.25, 0.3) is 0 Å². The van der Waals surface area contributed by atoms with Crippen LogP contribution in [0.15, 0.2) is 42.5 Å². The van der Waals surface area contributed by atoms with E-state index in [0.717, 1.165) is 67.3 Å². The molecule has 3 aliphatic rings. The number of fused-ring (bicyclic) bond motifs is 1. The number of morpholine rings is 2. The number of ether oxygens (including phenoxy) is 2. The van der Waals surface area contributed by atoms with Crippen molar-refractivity contribution in [2.24, 2.45) is 5.92 Å². The molecule has 44 heavy (non-hydrogen) atoms. The van der Waals surface area contributed by atoms with Crippen molar-refractivity contribution in [3.63, 3.8) is 0 Å². The summed E-state index contributed by atoms with van der Waals surface area (Å²) < 4.78 is 11.2. The van der Waals surface area contributed by atoms with Crippen LogP contribution in [0.1, 0.15) is 50.7 Å². The van der Waals surface area contributed by atoms with E-state index in [9.17, 15) is 9.59 Å². The Kier molecular flexibility index (Phi) is 9.28. The molecule has 4 heterocycles. The van der Waals surface area contributed by atoms with Crippen LogP contribution in [0, 0.1) is 5.92 Å². The van der Waals surface area contributed by atoms with Crippen LogP contribution in [0.5, 0.6) is 0 Å². The first-order chi connectivity index (χ1) is 21.4. The predicted octanol–water partition coefficient (Wildman–Crippen LogP) is 4.23. The van der Waals surface area contributed by atoms with Gasteiger partial charge < -0.3 is 29.5 Å². The molecule has 6 rings (SSSR count). The van der Waals surface area contributed by atoms with Crippen molar-refractivity contribution in [3.8, 4) is 0 Å². The fourth-order valence-corrected chi connectivity index (χ4v) is 6.42. The molecule has 234 valence electrons. The molecule has 10 heteroatoms. The Morgan fingerprint density at radius 3 is 2.07 bits per heavy atom. The van der Waals surface area contributed by atoms with Crippen molar-refractivity contribution < 1.29 is 19.1 Å². The van der Waals surface area contributed by atoms with Gasteiger partial charge in [0.2, 0.25) is 11.8 Å². The molecule has 0 bridgehead atoms. The van der Waals surface area contributed by atoms with Gasteiger partial charge in [-0.3, -0.25) is 9.59 Å². The summed E-state index contributed by atoms with van der Waals surface area (Å²) in [6.07, 6.45) is 2.47. The van der Waals surface area contributed by atoms with Crippen molar-refractivity contribution in [2.75, 3.05) is 74.3 Å². The first-order valence-electron chi connectivity index (χ1n) is 16.0. The fraction of sp³-hybridized carbons (Fsp3) is 0.529. The van der Waals surface area contributed by atoms with Gasteiger partial charge in [0.1, 0.15) is 6.04 Å². The lowest BCUT2D eigenvalue weighted by molar-refractivity contribution is -0.137. The number of nitrogens with zero attached hydrogens (tertiary/aromatic N) is 5. The fourth-order valence-electron chi connectivity index (χ4n) is 6.42. The van der Waals surface area contributed by atoms with E-state index in [0.29, 0.717) is 51.0 Å². The second-order valence-corrected chi connectivity index (χ2v) is 12.5. The molecule has 0 unspecified atom stereocenters. The van der Waals surface area contributed by atoms with E-state index in [4.69, 9.17) is 19.4 Å². The molecule has 0 aliphatic carbocycles. The number of benzene rings is 2. The summed E-state index contributed by atoms with van der Waals surface area (Å²) in [7, 11) is 0. The Morgan fingerprint density at radius 2 is 1.45 bits per heavy atom. The van der Waals surface area contributed by atoms with Gasteiger partial charge in [0, 0.05) is 38.4 Å². The van der Waals surface area contributed by atoms with Gasteiger partial charge in [-0.05, 0) is 61.4 Å². The lowest BCUT2D eigenvalue weighted by atomic mass is 9.95. The van der Waals surface area contributed by atoms with Crippen LogP contribution in [0.2, 0.25) is 0 Å². The summed E-state index contributed by atoms with van der Waals surface area (Å²) in [4.78, 5) is 43.5. The molecule has 1 N–H and O–H groups in total. The van der Waals surface area contributed by atoms with E-state index in [1.807, 2.05) is 25.1 Å². The minimum Gasteiger partial charge on any atom is -0.378 e. The molecule has 2 atom stereocenters. The third-order valence-electron chi connectivity index (χ3n) is 8.85. The van der Waals surface area contributed by atoms with E-state index < -0.39 is 6.04 Å². The zero-order valence-corrected chi connectivity index (χ0v) is 26.1. The number of amides is 2. The van der Waals surface area contributed by atoms with Crippen LogP contribution >= 0.6 is 0 Å². The number of carbonyl (C=O) groups excluding carboxylic acids is 2. The molecule has 2 amide bonds. The number of anilines is 3. The highest BCUT2D eigenvalue weighted by Crippen LogP contribution is 2.31. The second-order valence-electron chi connectivity index (χ2n) is 12.5. The molecule has 0 radical (unpaired) electrons. The average Bonchev–Trinajstić information content (AvgIpc) is 3.55. The normalized spacial score (nSPS) is 19.9. The highest BCUT2D eigenvalue weighted by atomic mass is 16.5. The summed E-state index contributed by atoms with van der Waals surface area (Å²) in [5.41, 5.74) is 4.39. The molecule has 2 aromatic carbocycles. The highest BCUT2D eigenvalue weighted by molar-refractivity contribution is 5.99. The maximum Gasteiger partial charge on any atom is 0.247 e. The molecule has 0 saturated carbocycles. The number of rotatable bonds is 8. The molecular weight excluding hydrogens is 556 g/mol. The van der Waals surface area contributed by atoms with Crippen molar-refractivity contribution in [2.45, 2.75) is 52.0 Å². The Morgan fingerprint density at radius 1 is 0.841 bits per heavy atom. The lowest BCUT2D eigenvalue weighted by Gasteiger charge is -2.34. The van der Waals surface area contributed by atoms with Gasteiger partial charge in [-0.2, -0.15) is 0 Å². The molecule has 3 aromatic rings. The average molecular weight is 601 g/mol. The molecule has 3 saturated heterocycles. The monoisotopic (exact) mass is 600 g/mol. The standard InChI is InChI=1S/C34H44N6O4/c1-23(2)21-25-6-8-26(9-7-25)24(3)34(42)40-12-4-5-30(40)33(41)35-27-10-11-28-29(22-27)37-32(39-15-19-44-20-16-39)31(36-28)38-13-17-43-18-14-38/h6-11,22-24,30H,4-5,12-21H2,1-3H3,(H,35,41)/t24-,30+/m1/s1. The van der Waals surface area contributed by atoms with Crippen molar-refractivity contribution in [1.29, 1.82) is 0 Å². The summed E-state index contributed by atoms with van der Waals surface area (Å²) >= 11 is 0. The smallest absolute Gasteiger partial charge is 0.247 e. The highest BCUT2D eigenvalue weighted by Gasteiger charge is 2.36. The van der Waals surface area contributed by atoms with Gasteiger partial charge in [-0.1, -0.05) is 38.1 Å². The third kappa shape index (κ3) is 6.66. The molecule has 1 aromatic heterocycles. The first-order valence-corrected chi connectivity index (χ1v) is 16.0. The van der Waals surface area contributed by atoms with E-state index in [-0.39, 0.29) is 17.7 Å². The van der Waals surface area contributed by atoms with Crippen LogP contribution in [-0.4, -0.2) is 91.9 Å². The Hall–Kier alpha value is -3.76. The minimum absolute atomic E-state index is 0.00515. The van der Waals surface area contributed by atoms with Crippen LogP contribution in [0.25, 0.3) is 11.0 Å². The van der Waals surface area contributed by atoms with Gasteiger partial charge in [-0.25, -0.2) is 9.97 Å². The molecular formula is C34H44N6O4. The summed E-state index contributed by atoms with van der Waals surface area (Å²) in [6, 6.07) is 13.5. The number of carbonyl (C=O) groups is 2. The van der Waals surface area contributed by atoms with E-state index in [2.05, 4.69) is 53.2 Å². The van der Waals surface area contributed by atoms with Crippen LogP contribution in [0.4, 0.5) is 17.3 Å². The number of aromatic nitrogens is 2. The SMILES string of the molecule is CC(C)Cc1ccc([C@@H](C)C(=O)N2CCC[C@H]2C(=O)Nc2ccc3nc(N4CCOCC4)c(N4CCOCC4)nc3c2)cc1. The summed E-state index contributed by atoms with van der Waals surface area (Å²) in [6.45, 7) is 12.6. The lowest BCUT2D eigenvalue weighted by Crippen LogP contribution is -2.44. The van der Waals surface area contributed by atoms with Gasteiger partial charge >= 0.3 is 0 Å². The summed E-state index contributed by atoms with van der Waals surface area (Å²) in [5.74, 6) is 1.80. The number of hydrogen-bond acceptors (Lipinski definition) is 8. The van der Waals surface area contributed by atoms with Crippen molar-refractivity contribution in [1.82, 2.24) is 14.9 Å². The first kappa shape index (κ1) is 30.3. The topological polar surface area (TPSA) is 100 Å². The largest absolute Gasteiger partial charge is 0.378 e. The second kappa shape index (κ2) is 13.5. The Balaban J connectivity index is 1.18. The van der Waals surface area contributed by atoms with Crippen LogP contribution in [-0.2, 0) is 25.5 Å². The molecule has 10 nitrogen and oxygen atoms in total. The number of nitrogens with one attached hydrogen (secondary N) is 1. The molecule has 3 aliphatic heterocycles.